The van der Waals surface area contributed by atoms with E-state index in [4.69, 9.17) is 5.73 Å². The van der Waals surface area contributed by atoms with E-state index in [0.29, 0.717) is 6.42 Å². The second kappa shape index (κ2) is 5.77. The Morgan fingerprint density at radius 2 is 2.41 bits per heavy atom. The van der Waals surface area contributed by atoms with Crippen LogP contribution in [0.5, 0.6) is 0 Å². The SMILES string of the molecule is NCCCCc1cn(CC2CCC(=O)N2)nn1. The molecular formula is C11H19N5O. The van der Waals surface area contributed by atoms with Gasteiger partial charge < -0.3 is 11.1 Å². The fraction of sp³-hybridized carbons (Fsp3) is 0.727. The van der Waals surface area contributed by atoms with E-state index in [1.54, 1.807) is 0 Å². The lowest BCUT2D eigenvalue weighted by atomic mass is 10.2. The summed E-state index contributed by atoms with van der Waals surface area (Å²) in [5.74, 6) is 0.137. The lowest BCUT2D eigenvalue weighted by Crippen LogP contribution is -2.29. The maximum absolute atomic E-state index is 11.1. The van der Waals surface area contributed by atoms with Gasteiger partial charge in [0.15, 0.2) is 0 Å². The number of nitrogens with two attached hydrogens (primary N) is 1. The van der Waals surface area contributed by atoms with E-state index in [0.717, 1.165) is 44.5 Å². The molecule has 0 saturated carbocycles. The number of rotatable bonds is 6. The zero-order valence-electron chi connectivity index (χ0n) is 9.93. The molecule has 1 aromatic rings. The third-order valence-electron chi connectivity index (χ3n) is 2.97. The molecule has 94 valence electrons. The Bertz CT molecular complexity index is 376. The van der Waals surface area contributed by atoms with Gasteiger partial charge in [-0.3, -0.25) is 9.48 Å². The van der Waals surface area contributed by atoms with Crippen LogP contribution in [0.4, 0.5) is 0 Å². The van der Waals surface area contributed by atoms with Gasteiger partial charge in [-0.1, -0.05) is 5.21 Å². The molecule has 1 aromatic heterocycles. The molecule has 1 aliphatic heterocycles. The van der Waals surface area contributed by atoms with Crippen LogP contribution in [0.1, 0.15) is 31.4 Å². The third-order valence-corrected chi connectivity index (χ3v) is 2.97. The van der Waals surface area contributed by atoms with Crippen molar-refractivity contribution in [1.82, 2.24) is 20.3 Å². The van der Waals surface area contributed by atoms with Gasteiger partial charge in [0.25, 0.3) is 0 Å². The van der Waals surface area contributed by atoms with Crippen LogP contribution in [0.2, 0.25) is 0 Å². The van der Waals surface area contributed by atoms with Gasteiger partial charge in [0.05, 0.1) is 12.2 Å². The van der Waals surface area contributed by atoms with Crippen molar-refractivity contribution in [1.29, 1.82) is 0 Å². The number of carbonyl (C=O) groups excluding carboxylic acids is 1. The van der Waals surface area contributed by atoms with Crippen molar-refractivity contribution in [3.05, 3.63) is 11.9 Å². The van der Waals surface area contributed by atoms with Gasteiger partial charge in [-0.25, -0.2) is 0 Å². The van der Waals surface area contributed by atoms with E-state index >= 15 is 0 Å². The van der Waals surface area contributed by atoms with Crippen molar-refractivity contribution in [3.63, 3.8) is 0 Å². The highest BCUT2D eigenvalue weighted by Gasteiger charge is 2.21. The summed E-state index contributed by atoms with van der Waals surface area (Å²) in [4.78, 5) is 11.1. The fourth-order valence-electron chi connectivity index (χ4n) is 2.03. The number of carbonyl (C=O) groups is 1. The first-order valence-electron chi connectivity index (χ1n) is 6.16. The highest BCUT2D eigenvalue weighted by Crippen LogP contribution is 2.09. The van der Waals surface area contributed by atoms with Gasteiger partial charge in [0.2, 0.25) is 5.91 Å². The van der Waals surface area contributed by atoms with Crippen molar-refractivity contribution < 1.29 is 4.79 Å². The molecule has 6 nitrogen and oxygen atoms in total. The normalized spacial score (nSPS) is 19.6. The Balaban J connectivity index is 1.79. The first-order valence-corrected chi connectivity index (χ1v) is 6.16. The maximum atomic E-state index is 11.1. The first-order chi connectivity index (χ1) is 8.28. The Hall–Kier alpha value is -1.43. The van der Waals surface area contributed by atoms with Crippen molar-refractivity contribution >= 4 is 5.91 Å². The smallest absolute Gasteiger partial charge is 0.220 e. The summed E-state index contributed by atoms with van der Waals surface area (Å²) in [6, 6.07) is 0.209. The minimum atomic E-state index is 0.137. The lowest BCUT2D eigenvalue weighted by molar-refractivity contribution is -0.119. The second-order valence-electron chi connectivity index (χ2n) is 4.48. The van der Waals surface area contributed by atoms with Crippen LogP contribution >= 0.6 is 0 Å². The standard InChI is InChI=1S/C11H19N5O/c12-6-2-1-3-10-8-16(15-14-10)7-9-4-5-11(17)13-9/h8-9H,1-7,12H2,(H,13,17). The molecule has 17 heavy (non-hydrogen) atoms. The topological polar surface area (TPSA) is 85.8 Å². The van der Waals surface area contributed by atoms with Crippen LogP contribution in [0, 0.1) is 0 Å². The third kappa shape index (κ3) is 3.52. The summed E-state index contributed by atoms with van der Waals surface area (Å²) in [7, 11) is 0. The Labute approximate surface area is 101 Å². The molecule has 1 amide bonds. The molecule has 1 unspecified atom stereocenters. The monoisotopic (exact) mass is 237 g/mol. The number of amides is 1. The van der Waals surface area contributed by atoms with Gasteiger partial charge in [-0.05, 0) is 32.2 Å². The zero-order valence-corrected chi connectivity index (χ0v) is 9.93. The van der Waals surface area contributed by atoms with Gasteiger partial charge in [-0.15, -0.1) is 5.10 Å². The first kappa shape index (κ1) is 12.0. The molecule has 1 atom stereocenters. The number of nitrogens with zero attached hydrogens (tertiary/aromatic N) is 3. The van der Waals surface area contributed by atoms with E-state index < -0.39 is 0 Å². The average Bonchev–Trinajstić information content (AvgIpc) is 2.90. The highest BCUT2D eigenvalue weighted by atomic mass is 16.1. The van der Waals surface area contributed by atoms with E-state index in [9.17, 15) is 4.79 Å². The Morgan fingerprint density at radius 3 is 3.12 bits per heavy atom. The summed E-state index contributed by atoms with van der Waals surface area (Å²) in [5.41, 5.74) is 6.44. The van der Waals surface area contributed by atoms with Crippen molar-refractivity contribution in [2.75, 3.05) is 6.54 Å². The van der Waals surface area contributed by atoms with Gasteiger partial charge in [-0.2, -0.15) is 0 Å². The van der Waals surface area contributed by atoms with Crippen molar-refractivity contribution in [3.8, 4) is 0 Å². The summed E-state index contributed by atoms with van der Waals surface area (Å²) in [6.45, 7) is 1.44. The molecule has 0 bridgehead atoms. The minimum absolute atomic E-state index is 0.137. The summed E-state index contributed by atoms with van der Waals surface area (Å²) in [5, 5.41) is 11.1. The molecule has 0 aliphatic carbocycles. The molecule has 1 saturated heterocycles. The fourth-order valence-corrected chi connectivity index (χ4v) is 2.03. The molecular weight excluding hydrogens is 218 g/mol. The number of nitrogens with one attached hydrogen (secondary N) is 1. The molecule has 2 heterocycles. The molecule has 0 aromatic carbocycles. The summed E-state index contributed by atoms with van der Waals surface area (Å²) >= 11 is 0. The number of aryl methyl sites for hydroxylation is 1. The van der Waals surface area contributed by atoms with Crippen LogP contribution in [-0.2, 0) is 17.8 Å². The molecule has 6 heteroatoms. The second-order valence-corrected chi connectivity index (χ2v) is 4.48. The molecule has 0 spiro atoms. The maximum Gasteiger partial charge on any atom is 0.220 e. The van der Waals surface area contributed by atoms with E-state index in [1.807, 2.05) is 10.9 Å². The summed E-state index contributed by atoms with van der Waals surface area (Å²) < 4.78 is 1.81. The zero-order chi connectivity index (χ0) is 12.1. The molecule has 0 radical (unpaired) electrons. The number of aromatic nitrogens is 3. The van der Waals surface area contributed by atoms with Crippen LogP contribution < -0.4 is 11.1 Å². The van der Waals surface area contributed by atoms with Crippen LogP contribution in [0.25, 0.3) is 0 Å². The van der Waals surface area contributed by atoms with Gasteiger partial charge in [0, 0.05) is 18.7 Å². The van der Waals surface area contributed by atoms with Gasteiger partial charge >= 0.3 is 0 Å². The van der Waals surface area contributed by atoms with E-state index in [2.05, 4.69) is 15.6 Å². The van der Waals surface area contributed by atoms with Crippen LogP contribution in [0.15, 0.2) is 6.20 Å². The molecule has 1 fully saturated rings. The quantitative estimate of drug-likeness (QED) is 0.673. The highest BCUT2D eigenvalue weighted by molar-refractivity contribution is 5.78. The average molecular weight is 237 g/mol. The van der Waals surface area contributed by atoms with E-state index in [-0.39, 0.29) is 11.9 Å². The van der Waals surface area contributed by atoms with E-state index in [1.165, 1.54) is 0 Å². The van der Waals surface area contributed by atoms with Crippen molar-refractivity contribution in [2.24, 2.45) is 5.73 Å². The van der Waals surface area contributed by atoms with Crippen LogP contribution in [0.3, 0.4) is 0 Å². The largest absolute Gasteiger partial charge is 0.351 e. The minimum Gasteiger partial charge on any atom is -0.351 e. The van der Waals surface area contributed by atoms with Crippen molar-refractivity contribution in [2.45, 2.75) is 44.7 Å². The predicted octanol–water partition coefficient (Wildman–Crippen LogP) is -0.162. The Morgan fingerprint density at radius 1 is 1.53 bits per heavy atom. The molecule has 1 aliphatic rings. The lowest BCUT2D eigenvalue weighted by Gasteiger charge is -2.08. The molecule has 3 N–H and O–H groups in total. The predicted molar refractivity (Wildman–Crippen MR) is 63.2 cm³/mol. The number of unbranched alkanes of at least 4 members (excludes halogenated alkanes) is 1. The number of hydrogen-bond acceptors (Lipinski definition) is 4. The van der Waals surface area contributed by atoms with Gasteiger partial charge in [0.1, 0.15) is 0 Å². The van der Waals surface area contributed by atoms with Crippen LogP contribution in [-0.4, -0.2) is 33.5 Å². The summed E-state index contributed by atoms with van der Waals surface area (Å²) in [6.07, 6.45) is 6.47. The molecule has 2 rings (SSSR count). The number of hydrogen-bond donors (Lipinski definition) is 2. The Kier molecular flexibility index (Phi) is 4.08.